The second kappa shape index (κ2) is 15.9. The minimum Gasteiger partial charge on any atom is -0.497 e. The molecule has 3 N–H and O–H groups in total. The third-order valence-electron chi connectivity index (χ3n) is 8.25. The third kappa shape index (κ3) is 9.78. The van der Waals surface area contributed by atoms with Gasteiger partial charge in [-0.05, 0) is 101 Å². The molecule has 1 aliphatic rings. The summed E-state index contributed by atoms with van der Waals surface area (Å²) in [6.45, 7) is 6.75. The van der Waals surface area contributed by atoms with Gasteiger partial charge in [0.2, 0.25) is 0 Å². The van der Waals surface area contributed by atoms with E-state index in [9.17, 15) is 14.7 Å². The number of ether oxygens (including phenoxy) is 2. The highest BCUT2D eigenvalue weighted by Crippen LogP contribution is 2.24. The van der Waals surface area contributed by atoms with Gasteiger partial charge in [0.05, 0.1) is 25.9 Å². The van der Waals surface area contributed by atoms with Crippen LogP contribution in [0.5, 0.6) is 11.5 Å². The smallest absolute Gasteiger partial charge is 0.253 e. The molecule has 0 fully saturated rings. The Hall–Kier alpha value is -3.92. The van der Waals surface area contributed by atoms with Gasteiger partial charge < -0.3 is 35.0 Å². The minimum absolute atomic E-state index is 0.107. The van der Waals surface area contributed by atoms with Crippen molar-refractivity contribution in [3.8, 4) is 11.5 Å². The van der Waals surface area contributed by atoms with Crippen molar-refractivity contribution in [1.29, 1.82) is 0 Å². The molecule has 242 valence electrons. The number of fused-ring (bicyclic) bond motifs is 4. The molecular weight excluding hydrogens is 568 g/mol. The predicted octanol–water partition coefficient (Wildman–Crippen LogP) is 4.10. The lowest BCUT2D eigenvalue weighted by Gasteiger charge is -2.31. The summed E-state index contributed by atoms with van der Waals surface area (Å²) in [4.78, 5) is 31.1. The molecule has 9 nitrogen and oxygen atoms in total. The quantitative estimate of drug-likeness (QED) is 0.333. The Morgan fingerprint density at radius 2 is 1.80 bits per heavy atom. The first-order valence-corrected chi connectivity index (χ1v) is 15.7. The number of hydrogen-bond acceptors (Lipinski definition) is 7. The molecule has 0 spiro atoms. The number of methoxy groups -OCH3 is 1. The van der Waals surface area contributed by atoms with E-state index >= 15 is 0 Å². The summed E-state index contributed by atoms with van der Waals surface area (Å²) in [6, 6.07) is 21.8. The number of carbonyl (C=O) groups excluding carboxylic acids is 2. The van der Waals surface area contributed by atoms with E-state index in [1.165, 1.54) is 0 Å². The third-order valence-corrected chi connectivity index (χ3v) is 8.25. The summed E-state index contributed by atoms with van der Waals surface area (Å²) in [5.74, 6) is 1.04. The molecule has 3 aromatic rings. The minimum atomic E-state index is -0.920. The van der Waals surface area contributed by atoms with Crippen LogP contribution >= 0.6 is 0 Å². The largest absolute Gasteiger partial charge is 0.497 e. The van der Waals surface area contributed by atoms with Gasteiger partial charge in [-0.25, -0.2) is 0 Å². The average Bonchev–Trinajstić information content (AvgIpc) is 3.04. The molecule has 0 aliphatic carbocycles. The summed E-state index contributed by atoms with van der Waals surface area (Å²) in [7, 11) is 5.60. The SMILES string of the molecule is COc1cccc(C(C)(C)NC[C@@H](O)[C@@H]2Cc3cccc(c3)OCCCCN(CCN(C)C)C(=O)c3cccc(c3)C(=O)N2)c1. The molecule has 0 unspecified atom stereocenters. The van der Waals surface area contributed by atoms with Crippen LogP contribution in [0.3, 0.4) is 0 Å². The van der Waals surface area contributed by atoms with Crippen molar-refractivity contribution < 1.29 is 24.2 Å². The van der Waals surface area contributed by atoms with Crippen LogP contribution in [0.4, 0.5) is 0 Å². The number of likely N-dealkylation sites (N-methyl/N-ethyl adjacent to an activating group) is 1. The van der Waals surface area contributed by atoms with Crippen LogP contribution in [0, 0.1) is 0 Å². The van der Waals surface area contributed by atoms with Crippen LogP contribution < -0.4 is 20.1 Å². The van der Waals surface area contributed by atoms with Crippen molar-refractivity contribution in [2.75, 3.05) is 54.0 Å². The second-order valence-electron chi connectivity index (χ2n) is 12.5. The van der Waals surface area contributed by atoms with E-state index in [-0.39, 0.29) is 18.4 Å². The van der Waals surface area contributed by atoms with Crippen molar-refractivity contribution in [3.05, 3.63) is 95.1 Å². The van der Waals surface area contributed by atoms with Gasteiger partial charge in [-0.15, -0.1) is 0 Å². The lowest BCUT2D eigenvalue weighted by Crippen LogP contribution is -2.51. The Kier molecular flexibility index (Phi) is 12.0. The molecule has 4 rings (SSSR count). The summed E-state index contributed by atoms with van der Waals surface area (Å²) >= 11 is 0. The Labute approximate surface area is 267 Å². The Morgan fingerprint density at radius 3 is 2.58 bits per heavy atom. The fourth-order valence-corrected chi connectivity index (χ4v) is 5.37. The molecule has 1 heterocycles. The van der Waals surface area contributed by atoms with Crippen molar-refractivity contribution in [3.63, 3.8) is 0 Å². The fraction of sp³-hybridized carbons (Fsp3) is 0.444. The number of aliphatic hydroxyl groups is 1. The summed E-state index contributed by atoms with van der Waals surface area (Å²) in [5, 5.41) is 18.1. The summed E-state index contributed by atoms with van der Waals surface area (Å²) < 4.78 is 11.5. The van der Waals surface area contributed by atoms with Gasteiger partial charge >= 0.3 is 0 Å². The molecule has 45 heavy (non-hydrogen) atoms. The maximum absolute atomic E-state index is 13.6. The van der Waals surface area contributed by atoms with Crippen LogP contribution in [0.2, 0.25) is 0 Å². The van der Waals surface area contributed by atoms with E-state index in [0.29, 0.717) is 37.2 Å². The first-order valence-electron chi connectivity index (χ1n) is 15.7. The highest BCUT2D eigenvalue weighted by atomic mass is 16.5. The van der Waals surface area contributed by atoms with Gasteiger partial charge in [0.1, 0.15) is 11.5 Å². The molecule has 0 aromatic heterocycles. The van der Waals surface area contributed by atoms with Crippen molar-refractivity contribution in [2.45, 2.75) is 50.8 Å². The van der Waals surface area contributed by atoms with Gasteiger partial charge in [-0.2, -0.15) is 0 Å². The lowest BCUT2D eigenvalue weighted by atomic mass is 9.93. The van der Waals surface area contributed by atoms with Gasteiger partial charge in [0.15, 0.2) is 0 Å². The summed E-state index contributed by atoms with van der Waals surface area (Å²) in [6.07, 6.45) is 1.07. The van der Waals surface area contributed by atoms with Crippen molar-refractivity contribution in [2.24, 2.45) is 0 Å². The second-order valence-corrected chi connectivity index (χ2v) is 12.5. The van der Waals surface area contributed by atoms with Crippen LogP contribution in [0.25, 0.3) is 0 Å². The first kappa shape index (κ1) is 34.0. The number of nitrogens with zero attached hydrogens (tertiary/aromatic N) is 2. The number of amides is 2. The monoisotopic (exact) mass is 616 g/mol. The summed E-state index contributed by atoms with van der Waals surface area (Å²) in [5.41, 5.74) is 2.31. The van der Waals surface area contributed by atoms with E-state index < -0.39 is 17.7 Å². The van der Waals surface area contributed by atoms with Crippen LogP contribution in [0.15, 0.2) is 72.8 Å². The molecular formula is C36H48N4O5. The molecule has 2 amide bonds. The average molecular weight is 617 g/mol. The standard InChI is InChI=1S/C36H48N4O5/c1-36(2,29-14-10-15-30(24-29)44-5)37-25-33(41)32-22-26-11-8-16-31(21-26)45-20-7-6-17-40(19-18-39(3)4)35(43)28-13-9-12-27(23-28)34(42)38-32/h8-16,21,23-24,32-33,37,41H,6-7,17-20,22,25H2,1-5H3,(H,38,42)/t32-,33+/m0/s1. The zero-order valence-electron chi connectivity index (χ0n) is 27.2. The van der Waals surface area contributed by atoms with Crippen molar-refractivity contribution in [1.82, 2.24) is 20.4 Å². The zero-order chi connectivity index (χ0) is 32.4. The van der Waals surface area contributed by atoms with Gasteiger partial charge in [-0.1, -0.05) is 30.3 Å². The number of nitrogens with one attached hydrogen (secondary N) is 2. The first-order chi connectivity index (χ1) is 21.6. The highest BCUT2D eigenvalue weighted by molar-refractivity contribution is 5.99. The predicted molar refractivity (Wildman–Crippen MR) is 177 cm³/mol. The maximum Gasteiger partial charge on any atom is 0.253 e. The molecule has 2 atom stereocenters. The van der Waals surface area contributed by atoms with E-state index in [0.717, 1.165) is 42.0 Å². The maximum atomic E-state index is 13.6. The molecule has 0 saturated heterocycles. The lowest BCUT2D eigenvalue weighted by molar-refractivity contribution is 0.0739. The van der Waals surface area contributed by atoms with E-state index in [4.69, 9.17) is 9.47 Å². The Morgan fingerprint density at radius 1 is 1.04 bits per heavy atom. The molecule has 4 bridgehead atoms. The molecule has 3 aromatic carbocycles. The van der Waals surface area contributed by atoms with Crippen LogP contribution in [0.1, 0.15) is 58.5 Å². The van der Waals surface area contributed by atoms with Gasteiger partial charge in [0.25, 0.3) is 11.8 Å². The van der Waals surface area contributed by atoms with Gasteiger partial charge in [0, 0.05) is 42.8 Å². The zero-order valence-corrected chi connectivity index (χ0v) is 27.2. The fourth-order valence-electron chi connectivity index (χ4n) is 5.37. The topological polar surface area (TPSA) is 103 Å². The highest BCUT2D eigenvalue weighted by Gasteiger charge is 2.27. The van der Waals surface area contributed by atoms with Crippen molar-refractivity contribution >= 4 is 11.8 Å². The number of rotatable bonds is 9. The Balaban J connectivity index is 1.59. The van der Waals surface area contributed by atoms with E-state index in [1.807, 2.05) is 86.3 Å². The Bertz CT molecular complexity index is 1430. The van der Waals surface area contributed by atoms with E-state index in [1.54, 1.807) is 31.4 Å². The number of hydrogen-bond donors (Lipinski definition) is 3. The van der Waals surface area contributed by atoms with Crippen LogP contribution in [-0.4, -0.2) is 92.9 Å². The van der Waals surface area contributed by atoms with Crippen LogP contribution in [-0.2, 0) is 12.0 Å². The molecule has 0 radical (unpaired) electrons. The number of carbonyl (C=O) groups is 2. The normalized spacial score (nSPS) is 17.3. The molecule has 9 heteroatoms. The van der Waals surface area contributed by atoms with E-state index in [2.05, 4.69) is 10.6 Å². The number of aliphatic hydroxyl groups excluding tert-OH is 1. The molecule has 0 saturated carbocycles. The number of benzene rings is 3. The molecule has 1 aliphatic heterocycles. The van der Waals surface area contributed by atoms with Gasteiger partial charge in [-0.3, -0.25) is 9.59 Å².